The number of hydrogen-bond acceptors (Lipinski definition) is 4. The summed E-state index contributed by atoms with van der Waals surface area (Å²) in [5, 5.41) is 0. The number of rotatable bonds is 5. The molecule has 0 aliphatic heterocycles. The van der Waals surface area contributed by atoms with Gasteiger partial charge in [-0.25, -0.2) is 4.98 Å². The summed E-state index contributed by atoms with van der Waals surface area (Å²) in [6.07, 6.45) is 7.28. The summed E-state index contributed by atoms with van der Waals surface area (Å²) in [5.74, 6) is 0.840. The molecule has 1 aromatic carbocycles. The number of allylic oxidation sites excluding steroid dienone is 2. The minimum absolute atomic E-state index is 0.840. The molecule has 4 heteroatoms. The number of aryl methyl sites for hydroxylation is 1. The molecule has 2 aromatic rings. The van der Waals surface area contributed by atoms with Crippen LogP contribution in [0.2, 0.25) is 0 Å². The molecule has 1 heterocycles. The molecule has 0 atom stereocenters. The summed E-state index contributed by atoms with van der Waals surface area (Å²) in [6, 6.07) is 8.39. The Labute approximate surface area is 132 Å². The van der Waals surface area contributed by atoms with Crippen LogP contribution in [-0.2, 0) is 0 Å². The lowest BCUT2D eigenvalue weighted by molar-refractivity contribution is 1.04. The van der Waals surface area contributed by atoms with E-state index in [2.05, 4.69) is 45.7 Å². The summed E-state index contributed by atoms with van der Waals surface area (Å²) >= 11 is 0. The van der Waals surface area contributed by atoms with Crippen LogP contribution in [0.25, 0.3) is 5.57 Å². The lowest BCUT2D eigenvalue weighted by atomic mass is 10.1. The number of hydrogen-bond donors (Lipinski definition) is 0. The van der Waals surface area contributed by atoms with E-state index in [1.165, 1.54) is 5.69 Å². The summed E-state index contributed by atoms with van der Waals surface area (Å²) < 4.78 is 0. The van der Waals surface area contributed by atoms with Crippen molar-refractivity contribution in [3.8, 4) is 0 Å². The van der Waals surface area contributed by atoms with Crippen molar-refractivity contribution in [3.05, 3.63) is 66.8 Å². The molecule has 114 valence electrons. The third-order valence-electron chi connectivity index (χ3n) is 3.46. The van der Waals surface area contributed by atoms with Gasteiger partial charge in [-0.3, -0.25) is 4.98 Å². The van der Waals surface area contributed by atoms with Gasteiger partial charge in [0.25, 0.3) is 0 Å². The summed E-state index contributed by atoms with van der Waals surface area (Å²) in [4.78, 5) is 12.7. The van der Waals surface area contributed by atoms with Crippen molar-refractivity contribution in [1.82, 2.24) is 9.97 Å². The Morgan fingerprint density at radius 2 is 1.68 bits per heavy atom. The maximum atomic E-state index is 4.37. The first-order valence-electron chi connectivity index (χ1n) is 7.15. The normalized spacial score (nSPS) is 11.2. The van der Waals surface area contributed by atoms with E-state index in [-0.39, 0.29) is 0 Å². The number of nitrogens with zero attached hydrogens (tertiary/aromatic N) is 4. The molecule has 0 N–H and O–H groups in total. The SMILES string of the molecule is C=C/C(=C\N(C)c1nccnc1C)c1ccc(N(C)C)cc1. The van der Waals surface area contributed by atoms with Crippen LogP contribution in [0.3, 0.4) is 0 Å². The van der Waals surface area contributed by atoms with E-state index in [9.17, 15) is 0 Å². The molecular formula is C18H22N4. The van der Waals surface area contributed by atoms with Gasteiger partial charge in [-0.05, 0) is 30.2 Å². The topological polar surface area (TPSA) is 32.3 Å². The summed E-state index contributed by atoms with van der Waals surface area (Å²) in [7, 11) is 6.03. The zero-order valence-electron chi connectivity index (χ0n) is 13.6. The monoisotopic (exact) mass is 294 g/mol. The lowest BCUT2D eigenvalue weighted by Gasteiger charge is -2.17. The fraction of sp³-hybridized carbons (Fsp3) is 0.222. The zero-order chi connectivity index (χ0) is 16.1. The molecule has 0 unspecified atom stereocenters. The maximum Gasteiger partial charge on any atom is 0.153 e. The summed E-state index contributed by atoms with van der Waals surface area (Å²) in [6.45, 7) is 5.87. The van der Waals surface area contributed by atoms with Crippen molar-refractivity contribution in [2.75, 3.05) is 30.9 Å². The van der Waals surface area contributed by atoms with Gasteiger partial charge in [-0.2, -0.15) is 0 Å². The average Bonchev–Trinajstić information content (AvgIpc) is 2.53. The molecule has 4 nitrogen and oxygen atoms in total. The fourth-order valence-corrected chi connectivity index (χ4v) is 2.21. The number of aromatic nitrogens is 2. The van der Waals surface area contributed by atoms with Crippen molar-refractivity contribution < 1.29 is 0 Å². The van der Waals surface area contributed by atoms with Crippen LogP contribution in [0.1, 0.15) is 11.3 Å². The highest BCUT2D eigenvalue weighted by Crippen LogP contribution is 2.22. The highest BCUT2D eigenvalue weighted by Gasteiger charge is 2.06. The van der Waals surface area contributed by atoms with Gasteiger partial charge in [-0.1, -0.05) is 24.8 Å². The predicted octanol–water partition coefficient (Wildman–Crippen LogP) is 3.51. The molecule has 0 fully saturated rings. The van der Waals surface area contributed by atoms with E-state index in [0.717, 1.165) is 22.6 Å². The van der Waals surface area contributed by atoms with Crippen LogP contribution < -0.4 is 9.80 Å². The van der Waals surface area contributed by atoms with E-state index >= 15 is 0 Å². The van der Waals surface area contributed by atoms with E-state index in [0.29, 0.717) is 0 Å². The summed E-state index contributed by atoms with van der Waals surface area (Å²) in [5.41, 5.74) is 4.23. The second-order valence-corrected chi connectivity index (χ2v) is 5.31. The Hall–Kier alpha value is -2.62. The Bertz CT molecular complexity index is 672. The molecule has 0 aliphatic rings. The zero-order valence-corrected chi connectivity index (χ0v) is 13.6. The van der Waals surface area contributed by atoms with Crippen molar-refractivity contribution >= 4 is 17.1 Å². The Balaban J connectivity index is 2.31. The average molecular weight is 294 g/mol. The minimum atomic E-state index is 0.840. The molecule has 0 saturated heterocycles. The van der Waals surface area contributed by atoms with Crippen molar-refractivity contribution in [2.45, 2.75) is 6.92 Å². The molecule has 22 heavy (non-hydrogen) atoms. The Kier molecular flexibility index (Phi) is 4.94. The molecule has 0 amide bonds. The molecule has 0 aliphatic carbocycles. The van der Waals surface area contributed by atoms with Crippen LogP contribution in [0.4, 0.5) is 11.5 Å². The van der Waals surface area contributed by atoms with Gasteiger partial charge in [0.1, 0.15) is 0 Å². The van der Waals surface area contributed by atoms with Crippen molar-refractivity contribution in [2.24, 2.45) is 0 Å². The third kappa shape index (κ3) is 3.52. The van der Waals surface area contributed by atoms with Gasteiger partial charge in [0, 0.05) is 45.4 Å². The van der Waals surface area contributed by atoms with Crippen LogP contribution in [0, 0.1) is 6.92 Å². The van der Waals surface area contributed by atoms with Crippen LogP contribution in [0.15, 0.2) is 55.5 Å². The van der Waals surface area contributed by atoms with Crippen LogP contribution in [0.5, 0.6) is 0 Å². The second-order valence-electron chi connectivity index (χ2n) is 5.31. The lowest BCUT2D eigenvalue weighted by Crippen LogP contribution is -2.13. The highest BCUT2D eigenvalue weighted by atomic mass is 15.2. The van der Waals surface area contributed by atoms with Gasteiger partial charge < -0.3 is 9.80 Å². The van der Waals surface area contributed by atoms with E-state index < -0.39 is 0 Å². The van der Waals surface area contributed by atoms with E-state index in [1.807, 2.05) is 45.2 Å². The molecular weight excluding hydrogens is 272 g/mol. The first kappa shape index (κ1) is 15.8. The molecule has 0 bridgehead atoms. The molecule has 1 aromatic heterocycles. The number of benzene rings is 1. The van der Waals surface area contributed by atoms with Gasteiger partial charge in [0.05, 0.1) is 5.69 Å². The van der Waals surface area contributed by atoms with Crippen LogP contribution >= 0.6 is 0 Å². The van der Waals surface area contributed by atoms with Crippen LogP contribution in [-0.4, -0.2) is 31.1 Å². The minimum Gasteiger partial charge on any atom is -0.378 e. The quantitative estimate of drug-likeness (QED) is 0.790. The van der Waals surface area contributed by atoms with E-state index in [1.54, 1.807) is 12.4 Å². The highest BCUT2D eigenvalue weighted by molar-refractivity contribution is 5.76. The molecule has 2 rings (SSSR count). The standard InChI is InChI=1S/C18H22N4/c1-6-15(16-7-9-17(10-8-16)21(3)4)13-22(5)18-14(2)19-11-12-20-18/h6-13H,1H2,2-5H3/b15-13+. The molecule has 0 saturated carbocycles. The molecule has 0 radical (unpaired) electrons. The van der Waals surface area contributed by atoms with Gasteiger partial charge in [0.2, 0.25) is 0 Å². The maximum absolute atomic E-state index is 4.37. The predicted molar refractivity (Wildman–Crippen MR) is 94.1 cm³/mol. The first-order chi connectivity index (χ1) is 10.5. The van der Waals surface area contributed by atoms with Gasteiger partial charge in [-0.15, -0.1) is 0 Å². The number of anilines is 2. The van der Waals surface area contributed by atoms with E-state index in [4.69, 9.17) is 0 Å². The smallest absolute Gasteiger partial charge is 0.153 e. The second kappa shape index (κ2) is 6.89. The third-order valence-corrected chi connectivity index (χ3v) is 3.46. The van der Waals surface area contributed by atoms with Crippen molar-refractivity contribution in [3.63, 3.8) is 0 Å². The Morgan fingerprint density at radius 3 is 2.23 bits per heavy atom. The van der Waals surface area contributed by atoms with Crippen molar-refractivity contribution in [1.29, 1.82) is 0 Å². The fourth-order valence-electron chi connectivity index (χ4n) is 2.21. The van der Waals surface area contributed by atoms with Gasteiger partial charge in [0.15, 0.2) is 5.82 Å². The largest absolute Gasteiger partial charge is 0.378 e. The first-order valence-corrected chi connectivity index (χ1v) is 7.15. The Morgan fingerprint density at radius 1 is 1.05 bits per heavy atom. The molecule has 0 spiro atoms. The van der Waals surface area contributed by atoms with Gasteiger partial charge >= 0.3 is 0 Å².